The van der Waals surface area contributed by atoms with Crippen LogP contribution in [-0.2, 0) is 0 Å². The maximum Gasteiger partial charge on any atom is 0.0854 e. The van der Waals surface area contributed by atoms with Crippen molar-refractivity contribution >= 4 is 51.0 Å². The third-order valence-corrected chi connectivity index (χ3v) is 4.96. The van der Waals surface area contributed by atoms with Crippen molar-refractivity contribution in [3.05, 3.63) is 62.5 Å². The molecule has 0 amide bonds. The molecule has 0 bridgehead atoms. The highest BCUT2D eigenvalue weighted by Crippen LogP contribution is 2.41. The lowest BCUT2D eigenvalue weighted by Crippen LogP contribution is -2.24. The number of hydrogen-bond acceptors (Lipinski definition) is 2. The Morgan fingerprint density at radius 3 is 2.50 bits per heavy atom. The molecule has 0 aliphatic carbocycles. The van der Waals surface area contributed by atoms with E-state index in [-0.39, 0.29) is 6.04 Å². The number of hydrogen-bond donors (Lipinski definition) is 0. The van der Waals surface area contributed by atoms with Crippen molar-refractivity contribution in [2.24, 2.45) is 11.0 Å². The molecule has 0 saturated heterocycles. The maximum atomic E-state index is 6.37. The first-order chi connectivity index (χ1) is 10.6. The molecule has 0 spiro atoms. The largest absolute Gasteiger partial charge is 0.256 e. The third-order valence-electron chi connectivity index (χ3n) is 3.89. The van der Waals surface area contributed by atoms with Crippen molar-refractivity contribution in [1.29, 1.82) is 0 Å². The van der Waals surface area contributed by atoms with Gasteiger partial charge in [0.05, 0.1) is 16.8 Å². The minimum Gasteiger partial charge on any atom is -0.256 e. The molecule has 3 rings (SSSR count). The summed E-state index contributed by atoms with van der Waals surface area (Å²) in [5, 5.41) is 7.84. The van der Waals surface area contributed by atoms with Crippen LogP contribution in [0.5, 0.6) is 0 Å². The topological polar surface area (TPSA) is 15.6 Å². The van der Waals surface area contributed by atoms with Crippen molar-refractivity contribution < 1.29 is 0 Å². The molecular weight excluding hydrogens is 383 g/mol. The van der Waals surface area contributed by atoms with Crippen LogP contribution in [0.3, 0.4) is 0 Å². The first-order valence-electron chi connectivity index (χ1n) is 7.14. The van der Waals surface area contributed by atoms with Gasteiger partial charge >= 0.3 is 0 Å². The second-order valence-electron chi connectivity index (χ2n) is 5.27. The lowest BCUT2D eigenvalue weighted by atomic mass is 9.92. The number of anilines is 1. The highest BCUT2D eigenvalue weighted by atomic mass is 79.9. The van der Waals surface area contributed by atoms with Gasteiger partial charge in [0, 0.05) is 21.6 Å². The van der Waals surface area contributed by atoms with Crippen LogP contribution in [0.15, 0.2) is 52.0 Å². The van der Waals surface area contributed by atoms with Crippen molar-refractivity contribution in [3.8, 4) is 0 Å². The maximum absolute atomic E-state index is 6.37. The minimum atomic E-state index is 0.150. The highest BCUT2D eigenvalue weighted by Gasteiger charge is 2.33. The fourth-order valence-electron chi connectivity index (χ4n) is 2.75. The van der Waals surface area contributed by atoms with Crippen LogP contribution >= 0.6 is 39.1 Å². The average Bonchev–Trinajstić information content (AvgIpc) is 2.92. The summed E-state index contributed by atoms with van der Waals surface area (Å²) in [4.78, 5) is 0. The summed E-state index contributed by atoms with van der Waals surface area (Å²) in [6, 6.07) is 14.0. The minimum absolute atomic E-state index is 0.150. The molecule has 22 heavy (non-hydrogen) atoms. The molecule has 2 nitrogen and oxygen atoms in total. The third kappa shape index (κ3) is 3.03. The van der Waals surface area contributed by atoms with Crippen LogP contribution in [0.2, 0.25) is 10.0 Å². The average molecular weight is 398 g/mol. The Morgan fingerprint density at radius 2 is 1.86 bits per heavy atom. The molecule has 2 aromatic carbocycles. The van der Waals surface area contributed by atoms with E-state index in [2.05, 4.69) is 52.2 Å². The lowest BCUT2D eigenvalue weighted by Gasteiger charge is -2.28. The van der Waals surface area contributed by atoms with Crippen LogP contribution in [0.1, 0.15) is 24.9 Å². The fourth-order valence-corrected chi connectivity index (χ4v) is 3.51. The van der Waals surface area contributed by atoms with Gasteiger partial charge in [0.25, 0.3) is 0 Å². The molecule has 114 valence electrons. The van der Waals surface area contributed by atoms with Crippen LogP contribution in [0, 0.1) is 5.92 Å². The molecule has 0 aromatic heterocycles. The van der Waals surface area contributed by atoms with Crippen LogP contribution in [0.4, 0.5) is 5.69 Å². The zero-order valence-corrected chi connectivity index (χ0v) is 15.1. The molecule has 0 radical (unpaired) electrons. The molecule has 1 aliphatic heterocycles. The van der Waals surface area contributed by atoms with Gasteiger partial charge in [-0.15, -0.1) is 0 Å². The Kier molecular flexibility index (Phi) is 4.76. The Morgan fingerprint density at radius 1 is 1.14 bits per heavy atom. The van der Waals surface area contributed by atoms with Gasteiger partial charge in [0.1, 0.15) is 0 Å². The monoisotopic (exact) mass is 396 g/mol. The molecule has 0 saturated carbocycles. The van der Waals surface area contributed by atoms with Crippen LogP contribution < -0.4 is 5.01 Å². The normalized spacial score (nSPS) is 20.6. The van der Waals surface area contributed by atoms with Gasteiger partial charge in [-0.1, -0.05) is 58.2 Å². The van der Waals surface area contributed by atoms with E-state index in [4.69, 9.17) is 23.2 Å². The predicted octanol–water partition coefficient (Wildman–Crippen LogP) is 6.33. The zero-order chi connectivity index (χ0) is 15.7. The van der Waals surface area contributed by atoms with Gasteiger partial charge in [-0.05, 0) is 42.3 Å². The van der Waals surface area contributed by atoms with Gasteiger partial charge in [0.15, 0.2) is 0 Å². The molecule has 0 fully saturated rings. The van der Waals surface area contributed by atoms with Gasteiger partial charge in [0.2, 0.25) is 0 Å². The van der Waals surface area contributed by atoms with Crippen LogP contribution in [0.25, 0.3) is 0 Å². The first kappa shape index (κ1) is 15.9. The summed E-state index contributed by atoms with van der Waals surface area (Å²) in [5.74, 6) is 0.355. The second-order valence-corrected chi connectivity index (χ2v) is 7.03. The summed E-state index contributed by atoms with van der Waals surface area (Å²) < 4.78 is 1.07. The van der Waals surface area contributed by atoms with E-state index in [9.17, 15) is 0 Å². The van der Waals surface area contributed by atoms with Crippen molar-refractivity contribution in [1.82, 2.24) is 0 Å². The second kappa shape index (κ2) is 6.61. The van der Waals surface area contributed by atoms with E-state index in [0.717, 1.165) is 16.6 Å². The fraction of sp³-hybridized carbons (Fsp3) is 0.235. The standard InChI is InChI=1S/C17H15BrCl2N2/c1-2-11-10-21-22(16-8-7-14(19)9-15(16)20)17(11)12-3-5-13(18)6-4-12/h3-11,17H,2H2,1H3/t11-,17+/m1/s1. The molecule has 0 unspecified atom stereocenters. The van der Waals surface area contributed by atoms with Gasteiger partial charge in [-0.25, -0.2) is 0 Å². The Hall–Kier alpha value is -1.03. The zero-order valence-electron chi connectivity index (χ0n) is 12.0. The van der Waals surface area contributed by atoms with E-state index < -0.39 is 0 Å². The molecule has 5 heteroatoms. The van der Waals surface area contributed by atoms with Gasteiger partial charge in [-0.3, -0.25) is 5.01 Å². The van der Waals surface area contributed by atoms with Gasteiger partial charge < -0.3 is 0 Å². The Labute approximate surface area is 148 Å². The first-order valence-corrected chi connectivity index (χ1v) is 8.69. The van der Waals surface area contributed by atoms with E-state index >= 15 is 0 Å². The predicted molar refractivity (Wildman–Crippen MR) is 98.1 cm³/mol. The summed E-state index contributed by atoms with van der Waals surface area (Å²) in [6.07, 6.45) is 3.03. The SMILES string of the molecule is CC[C@@H]1C=NN(c2ccc(Cl)cc2Cl)[C@@H]1c1ccc(Br)cc1. The molecule has 2 atom stereocenters. The molecular formula is C17H15BrCl2N2. The van der Waals surface area contributed by atoms with E-state index in [1.165, 1.54) is 5.56 Å². The summed E-state index contributed by atoms with van der Waals surface area (Å²) in [7, 11) is 0. The van der Waals surface area contributed by atoms with Crippen molar-refractivity contribution in [2.75, 3.05) is 5.01 Å². The number of rotatable bonds is 3. The summed E-state index contributed by atoms with van der Waals surface area (Å²) >= 11 is 15.9. The smallest absolute Gasteiger partial charge is 0.0854 e. The lowest BCUT2D eigenvalue weighted by molar-refractivity contribution is 0.541. The molecule has 1 aliphatic rings. The number of hydrazone groups is 1. The van der Waals surface area contributed by atoms with E-state index in [0.29, 0.717) is 16.0 Å². The molecule has 1 heterocycles. The van der Waals surface area contributed by atoms with E-state index in [1.54, 1.807) is 6.07 Å². The number of halogens is 3. The number of nitrogens with zero attached hydrogens (tertiary/aromatic N) is 2. The Bertz CT molecular complexity index is 700. The van der Waals surface area contributed by atoms with E-state index in [1.807, 2.05) is 23.4 Å². The summed E-state index contributed by atoms with van der Waals surface area (Å²) in [6.45, 7) is 2.18. The highest BCUT2D eigenvalue weighted by molar-refractivity contribution is 9.10. The number of benzene rings is 2. The van der Waals surface area contributed by atoms with Gasteiger partial charge in [-0.2, -0.15) is 5.10 Å². The van der Waals surface area contributed by atoms with Crippen molar-refractivity contribution in [2.45, 2.75) is 19.4 Å². The quantitative estimate of drug-likeness (QED) is 0.590. The van der Waals surface area contributed by atoms with Crippen LogP contribution in [-0.4, -0.2) is 6.21 Å². The summed E-state index contributed by atoms with van der Waals surface area (Å²) in [5.41, 5.74) is 2.10. The molecule has 2 aromatic rings. The Balaban J connectivity index is 2.02. The molecule has 0 N–H and O–H groups in total. The van der Waals surface area contributed by atoms with Crippen molar-refractivity contribution in [3.63, 3.8) is 0 Å².